The summed E-state index contributed by atoms with van der Waals surface area (Å²) in [6.07, 6.45) is 5.54. The van der Waals surface area contributed by atoms with Gasteiger partial charge in [0.1, 0.15) is 0 Å². The molecule has 2 heteroatoms. The van der Waals surface area contributed by atoms with Crippen LogP contribution in [0.5, 0.6) is 0 Å². The zero-order valence-corrected chi connectivity index (χ0v) is 11.6. The molecule has 1 N–H and O–H groups in total. The monoisotopic (exact) mass is 226 g/mol. The Kier molecular flexibility index (Phi) is 6.37. The molecule has 16 heavy (non-hydrogen) atoms. The molecular weight excluding hydrogens is 196 g/mol. The van der Waals surface area contributed by atoms with Crippen LogP contribution in [0.25, 0.3) is 0 Å². The van der Waals surface area contributed by atoms with Crippen molar-refractivity contribution in [2.45, 2.75) is 65.5 Å². The molecule has 0 saturated heterocycles. The van der Waals surface area contributed by atoms with Crippen LogP contribution < -0.4 is 5.32 Å². The van der Waals surface area contributed by atoms with Crippen LogP contribution in [-0.2, 0) is 0 Å². The highest BCUT2D eigenvalue weighted by molar-refractivity contribution is 4.83. The van der Waals surface area contributed by atoms with Gasteiger partial charge >= 0.3 is 0 Å². The first-order valence-electron chi connectivity index (χ1n) is 7.14. The van der Waals surface area contributed by atoms with E-state index in [1.54, 1.807) is 0 Å². The summed E-state index contributed by atoms with van der Waals surface area (Å²) in [5, 5.41) is 3.62. The quantitative estimate of drug-likeness (QED) is 0.749. The minimum Gasteiger partial charge on any atom is -0.314 e. The number of hydrogen-bond donors (Lipinski definition) is 1. The average Bonchev–Trinajstić information content (AvgIpc) is 2.26. The minimum atomic E-state index is 0.768. The van der Waals surface area contributed by atoms with E-state index < -0.39 is 0 Å². The van der Waals surface area contributed by atoms with Gasteiger partial charge in [-0.2, -0.15) is 0 Å². The molecule has 2 atom stereocenters. The molecule has 1 fully saturated rings. The largest absolute Gasteiger partial charge is 0.314 e. The van der Waals surface area contributed by atoms with Gasteiger partial charge in [-0.1, -0.05) is 34.1 Å². The van der Waals surface area contributed by atoms with E-state index in [9.17, 15) is 0 Å². The van der Waals surface area contributed by atoms with Crippen molar-refractivity contribution >= 4 is 0 Å². The summed E-state index contributed by atoms with van der Waals surface area (Å²) in [5.41, 5.74) is 0. The van der Waals surface area contributed by atoms with Gasteiger partial charge in [-0.15, -0.1) is 0 Å². The summed E-state index contributed by atoms with van der Waals surface area (Å²) in [6, 6.07) is 1.59. The van der Waals surface area contributed by atoms with Crippen molar-refractivity contribution in [3.05, 3.63) is 0 Å². The maximum absolute atomic E-state index is 3.62. The highest BCUT2D eigenvalue weighted by Crippen LogP contribution is 2.23. The Bertz CT molecular complexity index is 178. The smallest absolute Gasteiger partial charge is 0.0110 e. The normalized spacial score (nSPS) is 26.6. The van der Waals surface area contributed by atoms with E-state index in [1.807, 2.05) is 0 Å². The van der Waals surface area contributed by atoms with Crippen LogP contribution in [0.2, 0.25) is 0 Å². The van der Waals surface area contributed by atoms with Crippen LogP contribution in [-0.4, -0.2) is 36.6 Å². The first-order valence-corrected chi connectivity index (χ1v) is 7.14. The molecule has 1 aliphatic rings. The third-order valence-corrected chi connectivity index (χ3v) is 3.66. The Morgan fingerprint density at radius 3 is 2.56 bits per heavy atom. The lowest BCUT2D eigenvalue weighted by atomic mass is 9.89. The zero-order valence-electron chi connectivity index (χ0n) is 11.6. The maximum atomic E-state index is 3.62. The zero-order chi connectivity index (χ0) is 12.0. The molecule has 1 saturated carbocycles. The topological polar surface area (TPSA) is 15.3 Å². The highest BCUT2D eigenvalue weighted by Gasteiger charge is 2.25. The molecule has 2 unspecified atom stereocenters. The predicted octanol–water partition coefficient (Wildman–Crippen LogP) is 2.89. The second-order valence-electron chi connectivity index (χ2n) is 5.56. The first-order chi connectivity index (χ1) is 7.67. The Hall–Kier alpha value is -0.0800. The van der Waals surface area contributed by atoms with Crippen molar-refractivity contribution in [1.82, 2.24) is 10.2 Å². The van der Waals surface area contributed by atoms with Gasteiger partial charge in [0, 0.05) is 18.6 Å². The average molecular weight is 226 g/mol. The first kappa shape index (κ1) is 14.0. The van der Waals surface area contributed by atoms with E-state index in [4.69, 9.17) is 0 Å². The summed E-state index contributed by atoms with van der Waals surface area (Å²) in [7, 11) is 0. The molecule has 2 nitrogen and oxygen atoms in total. The molecule has 1 rings (SSSR count). The fourth-order valence-electron chi connectivity index (χ4n) is 2.98. The fourth-order valence-corrected chi connectivity index (χ4v) is 2.98. The molecular formula is C14H30N2. The van der Waals surface area contributed by atoms with Crippen molar-refractivity contribution in [3.8, 4) is 0 Å². The van der Waals surface area contributed by atoms with Crippen LogP contribution >= 0.6 is 0 Å². The van der Waals surface area contributed by atoms with Gasteiger partial charge in [-0.3, -0.25) is 0 Å². The number of rotatable bonds is 6. The summed E-state index contributed by atoms with van der Waals surface area (Å²) in [4.78, 5) is 2.69. The van der Waals surface area contributed by atoms with Crippen molar-refractivity contribution in [2.75, 3.05) is 19.6 Å². The van der Waals surface area contributed by atoms with E-state index in [0.29, 0.717) is 0 Å². The molecule has 0 heterocycles. The third-order valence-electron chi connectivity index (χ3n) is 3.66. The summed E-state index contributed by atoms with van der Waals surface area (Å²) >= 11 is 0. The van der Waals surface area contributed by atoms with Crippen LogP contribution in [0.4, 0.5) is 0 Å². The molecule has 0 aromatic carbocycles. The van der Waals surface area contributed by atoms with Crippen molar-refractivity contribution in [2.24, 2.45) is 5.92 Å². The molecule has 0 radical (unpaired) electrons. The van der Waals surface area contributed by atoms with Crippen LogP contribution in [0.1, 0.15) is 53.4 Å². The number of nitrogens with zero attached hydrogens (tertiary/aromatic N) is 1. The van der Waals surface area contributed by atoms with Crippen LogP contribution in [0, 0.1) is 5.92 Å². The van der Waals surface area contributed by atoms with Crippen LogP contribution in [0.15, 0.2) is 0 Å². The van der Waals surface area contributed by atoms with E-state index >= 15 is 0 Å². The summed E-state index contributed by atoms with van der Waals surface area (Å²) < 4.78 is 0. The van der Waals surface area contributed by atoms with E-state index in [0.717, 1.165) is 24.5 Å². The Morgan fingerprint density at radius 1 is 1.25 bits per heavy atom. The van der Waals surface area contributed by atoms with Gasteiger partial charge in [0.15, 0.2) is 0 Å². The number of nitrogens with one attached hydrogen (secondary N) is 1. The van der Waals surface area contributed by atoms with Crippen molar-refractivity contribution in [3.63, 3.8) is 0 Å². The molecule has 0 bridgehead atoms. The molecule has 0 aliphatic heterocycles. The van der Waals surface area contributed by atoms with Gasteiger partial charge in [-0.25, -0.2) is 0 Å². The minimum absolute atomic E-state index is 0.768. The lowest BCUT2D eigenvalue weighted by Gasteiger charge is -2.38. The van der Waals surface area contributed by atoms with Gasteiger partial charge in [0.05, 0.1) is 0 Å². The second kappa shape index (κ2) is 7.29. The molecule has 0 aromatic rings. The molecule has 0 spiro atoms. The third kappa shape index (κ3) is 4.42. The molecule has 0 amide bonds. The van der Waals surface area contributed by atoms with Crippen molar-refractivity contribution in [1.29, 1.82) is 0 Å². The lowest BCUT2D eigenvalue weighted by Crippen LogP contribution is -2.45. The van der Waals surface area contributed by atoms with Gasteiger partial charge in [-0.05, 0) is 38.3 Å². The van der Waals surface area contributed by atoms with E-state index in [1.165, 1.54) is 38.8 Å². The lowest BCUT2D eigenvalue weighted by molar-refractivity contribution is 0.132. The Balaban J connectivity index is 2.43. The highest BCUT2D eigenvalue weighted by atomic mass is 15.2. The SMILES string of the molecule is CCNC1CCCC(N(CC)CC(C)C)C1. The van der Waals surface area contributed by atoms with Crippen molar-refractivity contribution < 1.29 is 0 Å². The van der Waals surface area contributed by atoms with E-state index in [-0.39, 0.29) is 0 Å². The fraction of sp³-hybridized carbons (Fsp3) is 1.00. The number of hydrogen-bond acceptors (Lipinski definition) is 2. The Morgan fingerprint density at radius 2 is 2.00 bits per heavy atom. The molecule has 96 valence electrons. The standard InChI is InChI=1S/C14H30N2/c1-5-15-13-8-7-9-14(10-13)16(6-2)11-12(3)4/h12-15H,5-11H2,1-4H3. The maximum Gasteiger partial charge on any atom is 0.0110 e. The molecule has 0 aromatic heterocycles. The molecule has 1 aliphatic carbocycles. The van der Waals surface area contributed by atoms with E-state index in [2.05, 4.69) is 37.9 Å². The second-order valence-corrected chi connectivity index (χ2v) is 5.56. The summed E-state index contributed by atoms with van der Waals surface area (Å²) in [6.45, 7) is 12.8. The van der Waals surface area contributed by atoms with Gasteiger partial charge in [0.25, 0.3) is 0 Å². The van der Waals surface area contributed by atoms with Crippen LogP contribution in [0.3, 0.4) is 0 Å². The summed E-state index contributed by atoms with van der Waals surface area (Å²) in [5.74, 6) is 0.791. The van der Waals surface area contributed by atoms with Gasteiger partial charge < -0.3 is 10.2 Å². The predicted molar refractivity (Wildman–Crippen MR) is 71.8 cm³/mol. The Labute approximate surface area is 102 Å². The van der Waals surface area contributed by atoms with Gasteiger partial charge in [0.2, 0.25) is 0 Å².